The number of rotatable bonds is 7. The van der Waals surface area contributed by atoms with Crippen LogP contribution >= 0.6 is 11.3 Å². The molecule has 2 aliphatic rings. The Balaban J connectivity index is 1.41. The van der Waals surface area contributed by atoms with Crippen LogP contribution in [0.15, 0.2) is 45.5 Å². The zero-order valence-electron chi connectivity index (χ0n) is 22.8. The third-order valence-corrected chi connectivity index (χ3v) is 8.61. The summed E-state index contributed by atoms with van der Waals surface area (Å²) in [7, 11) is 0. The summed E-state index contributed by atoms with van der Waals surface area (Å²) in [6, 6.07) is 9.94. The highest BCUT2D eigenvalue weighted by molar-refractivity contribution is 7.13. The lowest BCUT2D eigenvalue weighted by Gasteiger charge is -2.35. The van der Waals surface area contributed by atoms with Crippen LogP contribution in [0.3, 0.4) is 0 Å². The van der Waals surface area contributed by atoms with Crippen molar-refractivity contribution in [3.63, 3.8) is 0 Å². The zero-order chi connectivity index (χ0) is 27.2. The van der Waals surface area contributed by atoms with Crippen molar-refractivity contribution in [1.82, 2.24) is 25.4 Å². The molecule has 4 heterocycles. The molecule has 1 saturated heterocycles. The van der Waals surface area contributed by atoms with E-state index >= 15 is 0 Å². The second-order valence-corrected chi connectivity index (χ2v) is 11.6. The molecule has 0 bridgehead atoms. The lowest BCUT2D eigenvalue weighted by molar-refractivity contribution is -0.134. The minimum atomic E-state index is -0.624. The second-order valence-electron chi connectivity index (χ2n) is 10.7. The van der Waals surface area contributed by atoms with Crippen LogP contribution in [-0.4, -0.2) is 62.1 Å². The Labute approximate surface area is 227 Å². The molecule has 9 nitrogen and oxygen atoms in total. The number of likely N-dealkylation sites (tertiary alicyclic amines) is 1. The van der Waals surface area contributed by atoms with E-state index in [4.69, 9.17) is 9.62 Å². The highest BCUT2D eigenvalue weighted by Crippen LogP contribution is 2.36. The summed E-state index contributed by atoms with van der Waals surface area (Å²) in [5.74, 6) is 0.688. The molecule has 0 spiro atoms. The van der Waals surface area contributed by atoms with E-state index in [1.54, 1.807) is 16.2 Å². The third-order valence-electron chi connectivity index (χ3n) is 7.63. The van der Waals surface area contributed by atoms with Gasteiger partial charge in [0.2, 0.25) is 5.91 Å². The Morgan fingerprint density at radius 1 is 1.29 bits per heavy atom. The Hall–Kier alpha value is -3.24. The van der Waals surface area contributed by atoms with E-state index in [1.165, 1.54) is 4.88 Å². The summed E-state index contributed by atoms with van der Waals surface area (Å²) in [6.07, 6.45) is -0.198. The molecule has 0 saturated carbocycles. The van der Waals surface area contributed by atoms with Gasteiger partial charge in [-0.25, -0.2) is 4.98 Å². The maximum Gasteiger partial charge on any atom is 0.234 e. The monoisotopic (exact) mass is 536 g/mol. The number of hydrogen-bond donors (Lipinski definition) is 2. The topological polar surface area (TPSA) is 107 Å². The standard InChI is InChI=1S/C28H36N6O3S/c1-7-34-28(6,20-10-8-19(9-11-20)25-18(5)29-15-38-25)30-26(31-34)22-13-21(35)14-33(22)27(36)24(16(2)3)23-12-17(4)32-37-23/h8-12,15-16,21-22,24,35H,7,13-14H2,1-6H3,(H,30,31)/t21-,22?,24-,28-/m1/s1. The molecule has 4 atom stereocenters. The number of hydrogen-bond acceptors (Lipinski definition) is 9. The first-order valence-electron chi connectivity index (χ1n) is 13.2. The molecule has 0 aliphatic carbocycles. The Morgan fingerprint density at radius 3 is 2.61 bits per heavy atom. The van der Waals surface area contributed by atoms with Crippen LogP contribution in [0.5, 0.6) is 0 Å². The largest absolute Gasteiger partial charge is 0.391 e. The molecule has 1 unspecified atom stereocenters. The van der Waals surface area contributed by atoms with Crippen molar-refractivity contribution in [2.45, 2.75) is 71.7 Å². The van der Waals surface area contributed by atoms with Crippen LogP contribution in [0.25, 0.3) is 10.4 Å². The number of β-amino-alcohol motifs (C(OH)–C–C–N with tert-alkyl or cyclic N) is 1. The van der Waals surface area contributed by atoms with Gasteiger partial charge in [0.25, 0.3) is 0 Å². The number of amidine groups is 1. The smallest absolute Gasteiger partial charge is 0.234 e. The first-order chi connectivity index (χ1) is 18.1. The van der Waals surface area contributed by atoms with E-state index in [0.717, 1.165) is 22.5 Å². The number of amides is 1. The van der Waals surface area contributed by atoms with Gasteiger partial charge in [-0.15, -0.1) is 11.3 Å². The minimum Gasteiger partial charge on any atom is -0.391 e. The normalized spacial score (nSPS) is 24.2. The van der Waals surface area contributed by atoms with Crippen LogP contribution in [0.4, 0.5) is 0 Å². The van der Waals surface area contributed by atoms with Crippen molar-refractivity contribution in [2.24, 2.45) is 11.0 Å². The predicted molar refractivity (Wildman–Crippen MR) is 148 cm³/mol. The summed E-state index contributed by atoms with van der Waals surface area (Å²) in [6.45, 7) is 13.0. The number of aliphatic hydroxyl groups is 1. The van der Waals surface area contributed by atoms with Crippen LogP contribution < -0.4 is 5.32 Å². The number of carbonyl (C=O) groups is 1. The number of carbonyl (C=O) groups excluding carboxylic acids is 1. The number of thiazole rings is 1. The molecule has 202 valence electrons. The molecule has 1 fully saturated rings. The predicted octanol–water partition coefficient (Wildman–Crippen LogP) is 4.23. The average molecular weight is 537 g/mol. The third kappa shape index (κ3) is 4.60. The van der Waals surface area contributed by atoms with Crippen LogP contribution in [0.1, 0.15) is 62.7 Å². The van der Waals surface area contributed by atoms with Gasteiger partial charge < -0.3 is 19.8 Å². The highest BCUT2D eigenvalue weighted by Gasteiger charge is 2.47. The van der Waals surface area contributed by atoms with Gasteiger partial charge in [0, 0.05) is 25.6 Å². The van der Waals surface area contributed by atoms with Crippen molar-refractivity contribution in [3.05, 3.63) is 58.6 Å². The van der Waals surface area contributed by atoms with Crippen LogP contribution in [0.2, 0.25) is 0 Å². The summed E-state index contributed by atoms with van der Waals surface area (Å²) >= 11 is 1.64. The van der Waals surface area contributed by atoms with Gasteiger partial charge in [0.15, 0.2) is 5.66 Å². The fraction of sp³-hybridized carbons (Fsp3) is 0.500. The zero-order valence-corrected chi connectivity index (χ0v) is 23.6. The molecule has 0 radical (unpaired) electrons. The molecule has 2 N–H and O–H groups in total. The number of aliphatic hydroxyl groups excluding tert-OH is 1. The van der Waals surface area contributed by atoms with Gasteiger partial charge >= 0.3 is 0 Å². The Morgan fingerprint density at radius 2 is 2.03 bits per heavy atom. The van der Waals surface area contributed by atoms with Gasteiger partial charge in [-0.2, -0.15) is 5.10 Å². The SMILES string of the molecule is CCN1N=C(C2C[C@@H](O)CN2C(=O)[C@@H](c2cc(C)no2)C(C)C)N[C@@]1(C)c1ccc(-c2scnc2C)cc1. The molecule has 38 heavy (non-hydrogen) atoms. The number of benzene rings is 1. The molecular weight excluding hydrogens is 500 g/mol. The van der Waals surface area contributed by atoms with E-state index in [2.05, 4.69) is 53.6 Å². The molecule has 1 amide bonds. The van der Waals surface area contributed by atoms with Crippen LogP contribution in [-0.2, 0) is 10.5 Å². The summed E-state index contributed by atoms with van der Waals surface area (Å²) < 4.78 is 5.51. The van der Waals surface area contributed by atoms with Gasteiger partial charge in [0.05, 0.1) is 33.9 Å². The van der Waals surface area contributed by atoms with Crippen molar-refractivity contribution in [1.29, 1.82) is 0 Å². The minimum absolute atomic E-state index is 0.00446. The summed E-state index contributed by atoms with van der Waals surface area (Å²) in [5, 5.41) is 25.3. The molecule has 2 aromatic heterocycles. The van der Waals surface area contributed by atoms with Gasteiger partial charge in [-0.3, -0.25) is 9.80 Å². The lowest BCUT2D eigenvalue weighted by atomic mass is 9.91. The van der Waals surface area contributed by atoms with Crippen molar-refractivity contribution in [2.75, 3.05) is 13.1 Å². The van der Waals surface area contributed by atoms with E-state index in [9.17, 15) is 9.90 Å². The van der Waals surface area contributed by atoms with Gasteiger partial charge in [-0.1, -0.05) is 43.3 Å². The van der Waals surface area contributed by atoms with Gasteiger partial charge in [0.1, 0.15) is 17.5 Å². The molecule has 5 rings (SSSR count). The number of aromatic nitrogens is 2. The summed E-state index contributed by atoms with van der Waals surface area (Å²) in [4.78, 5) is 21.2. The number of aryl methyl sites for hydroxylation is 2. The van der Waals surface area contributed by atoms with Gasteiger partial charge in [-0.05, 0) is 44.7 Å². The van der Waals surface area contributed by atoms with E-state index in [1.807, 2.05) is 44.3 Å². The van der Waals surface area contributed by atoms with E-state index in [-0.39, 0.29) is 24.4 Å². The first-order valence-corrected chi connectivity index (χ1v) is 14.1. The quantitative estimate of drug-likeness (QED) is 0.465. The average Bonchev–Trinajstić information content (AvgIpc) is 3.66. The van der Waals surface area contributed by atoms with Crippen molar-refractivity contribution >= 4 is 23.1 Å². The molecule has 3 aromatic rings. The number of nitrogens with zero attached hydrogens (tertiary/aromatic N) is 5. The maximum absolute atomic E-state index is 13.9. The highest BCUT2D eigenvalue weighted by atomic mass is 32.1. The Bertz CT molecular complexity index is 1330. The van der Waals surface area contributed by atoms with E-state index in [0.29, 0.717) is 24.6 Å². The maximum atomic E-state index is 13.9. The lowest BCUT2D eigenvalue weighted by Crippen LogP contribution is -2.52. The fourth-order valence-corrected chi connectivity index (χ4v) is 6.42. The molecule has 10 heteroatoms. The molecular formula is C28H36N6O3S. The Kier molecular flexibility index (Phi) is 7.04. The number of hydrazone groups is 1. The van der Waals surface area contributed by atoms with Crippen molar-refractivity contribution in [3.8, 4) is 10.4 Å². The number of nitrogens with one attached hydrogen (secondary N) is 1. The van der Waals surface area contributed by atoms with Crippen molar-refractivity contribution < 1.29 is 14.4 Å². The fourth-order valence-electron chi connectivity index (χ4n) is 5.61. The summed E-state index contributed by atoms with van der Waals surface area (Å²) in [5.41, 5.74) is 5.25. The second kappa shape index (κ2) is 10.1. The van der Waals surface area contributed by atoms with E-state index < -0.39 is 17.7 Å². The van der Waals surface area contributed by atoms with Crippen LogP contribution in [0, 0.1) is 19.8 Å². The molecule has 2 aliphatic heterocycles. The molecule has 1 aromatic carbocycles. The first kappa shape index (κ1) is 26.4.